The lowest BCUT2D eigenvalue weighted by molar-refractivity contribution is 0.0499. The molecular weight excluding hydrogens is 184 g/mol. The van der Waals surface area contributed by atoms with E-state index in [0.29, 0.717) is 0 Å². The number of amides is 1. The van der Waals surface area contributed by atoms with E-state index < -0.39 is 17.2 Å². The Balaban J connectivity index is 2.37. The van der Waals surface area contributed by atoms with Crippen molar-refractivity contribution in [3.8, 4) is 0 Å². The number of hydrogen-bond donors (Lipinski definition) is 1. The third-order valence-electron chi connectivity index (χ3n) is 1.99. The first-order valence-electron chi connectivity index (χ1n) is 4.67. The molecule has 1 amide bonds. The molecule has 1 aliphatic carbocycles. The van der Waals surface area contributed by atoms with Gasteiger partial charge in [0.15, 0.2) is 0 Å². The topological polar surface area (TPSA) is 67.8 Å². The van der Waals surface area contributed by atoms with E-state index in [-0.39, 0.29) is 6.54 Å². The number of nitroso groups, excluding NO2 is 1. The van der Waals surface area contributed by atoms with Crippen LogP contribution in [0.25, 0.3) is 0 Å². The highest BCUT2D eigenvalue weighted by molar-refractivity contribution is 5.69. The molecule has 1 rings (SSSR count). The van der Waals surface area contributed by atoms with Crippen molar-refractivity contribution in [1.29, 1.82) is 0 Å². The molecule has 0 aromatic rings. The maximum atomic E-state index is 11.3. The van der Waals surface area contributed by atoms with E-state index in [1.165, 1.54) is 0 Å². The van der Waals surface area contributed by atoms with Crippen LogP contribution in [0.3, 0.4) is 0 Å². The fourth-order valence-electron chi connectivity index (χ4n) is 1.12. The van der Waals surface area contributed by atoms with Crippen molar-refractivity contribution in [3.05, 3.63) is 4.91 Å². The molecule has 80 valence electrons. The molecule has 0 aromatic carbocycles. The number of rotatable bonds is 3. The van der Waals surface area contributed by atoms with Gasteiger partial charge in [-0.1, -0.05) is 5.18 Å². The van der Waals surface area contributed by atoms with E-state index in [2.05, 4.69) is 10.5 Å². The Morgan fingerprint density at radius 1 is 1.50 bits per heavy atom. The van der Waals surface area contributed by atoms with Crippen molar-refractivity contribution in [3.63, 3.8) is 0 Å². The minimum atomic E-state index is -0.505. The number of nitrogens with one attached hydrogen (secondary N) is 1. The second kappa shape index (κ2) is 3.55. The van der Waals surface area contributed by atoms with Crippen molar-refractivity contribution >= 4 is 6.09 Å². The summed E-state index contributed by atoms with van der Waals surface area (Å²) in [7, 11) is 0. The minimum absolute atomic E-state index is 0.131. The van der Waals surface area contributed by atoms with Crippen molar-refractivity contribution < 1.29 is 9.53 Å². The van der Waals surface area contributed by atoms with Gasteiger partial charge in [-0.15, -0.1) is 0 Å². The van der Waals surface area contributed by atoms with Gasteiger partial charge in [0.05, 0.1) is 5.54 Å². The third-order valence-corrected chi connectivity index (χ3v) is 1.99. The monoisotopic (exact) mass is 200 g/mol. The predicted molar refractivity (Wildman–Crippen MR) is 52.0 cm³/mol. The van der Waals surface area contributed by atoms with Gasteiger partial charge in [-0.3, -0.25) is 0 Å². The van der Waals surface area contributed by atoms with Crippen LogP contribution in [-0.2, 0) is 4.74 Å². The molecule has 5 heteroatoms. The van der Waals surface area contributed by atoms with Gasteiger partial charge >= 0.3 is 6.09 Å². The van der Waals surface area contributed by atoms with E-state index in [1.807, 2.05) is 0 Å². The van der Waals surface area contributed by atoms with Crippen LogP contribution < -0.4 is 5.32 Å². The van der Waals surface area contributed by atoms with Crippen molar-refractivity contribution in [2.45, 2.75) is 44.8 Å². The Hall–Kier alpha value is -1.13. The number of nitrogens with zero attached hydrogens (tertiary/aromatic N) is 1. The smallest absolute Gasteiger partial charge is 0.408 e. The average molecular weight is 200 g/mol. The average Bonchev–Trinajstić information content (AvgIpc) is 2.64. The molecule has 0 unspecified atom stereocenters. The quantitative estimate of drug-likeness (QED) is 0.706. The summed E-state index contributed by atoms with van der Waals surface area (Å²) >= 11 is 0. The van der Waals surface area contributed by atoms with Gasteiger partial charge in [0.25, 0.3) is 0 Å². The number of carbonyl (C=O) groups excluding carboxylic acids is 1. The molecule has 0 bridgehead atoms. The zero-order chi connectivity index (χ0) is 10.8. The van der Waals surface area contributed by atoms with Crippen LogP contribution in [0.4, 0.5) is 4.79 Å². The number of hydrogen-bond acceptors (Lipinski definition) is 4. The molecule has 0 heterocycles. The van der Waals surface area contributed by atoms with E-state index in [0.717, 1.165) is 12.8 Å². The van der Waals surface area contributed by atoms with E-state index in [4.69, 9.17) is 4.74 Å². The Morgan fingerprint density at radius 2 is 2.07 bits per heavy atom. The zero-order valence-corrected chi connectivity index (χ0v) is 8.79. The lowest BCUT2D eigenvalue weighted by Crippen LogP contribution is -2.42. The summed E-state index contributed by atoms with van der Waals surface area (Å²) in [6.45, 7) is 5.52. The van der Waals surface area contributed by atoms with Crippen LogP contribution in [0.5, 0.6) is 0 Å². The first-order valence-corrected chi connectivity index (χ1v) is 4.67. The van der Waals surface area contributed by atoms with Crippen LogP contribution in [0.1, 0.15) is 33.6 Å². The molecule has 1 aliphatic rings. The standard InChI is InChI=1S/C9H16N2O3/c1-8(2,3)14-7(12)11-9(4-5-9)6-10-13/h4-6H2,1-3H3,(H,11,12). The molecule has 0 spiro atoms. The molecule has 0 radical (unpaired) electrons. The SMILES string of the molecule is CC(C)(C)OC(=O)NC1(CN=O)CC1. The largest absolute Gasteiger partial charge is 0.444 e. The maximum Gasteiger partial charge on any atom is 0.408 e. The molecule has 1 saturated carbocycles. The van der Waals surface area contributed by atoms with Gasteiger partial charge in [-0.05, 0) is 33.6 Å². The maximum absolute atomic E-state index is 11.3. The molecule has 14 heavy (non-hydrogen) atoms. The summed E-state index contributed by atoms with van der Waals surface area (Å²) in [6, 6.07) is 0. The zero-order valence-electron chi connectivity index (χ0n) is 8.79. The highest BCUT2D eigenvalue weighted by Gasteiger charge is 2.45. The highest BCUT2D eigenvalue weighted by atomic mass is 16.6. The predicted octanol–water partition coefficient (Wildman–Crippen LogP) is 1.81. The van der Waals surface area contributed by atoms with Crippen molar-refractivity contribution in [2.24, 2.45) is 5.18 Å². The van der Waals surface area contributed by atoms with Gasteiger partial charge in [0, 0.05) is 0 Å². The third kappa shape index (κ3) is 3.32. The van der Waals surface area contributed by atoms with Crippen molar-refractivity contribution in [1.82, 2.24) is 5.32 Å². The van der Waals surface area contributed by atoms with E-state index in [9.17, 15) is 9.70 Å². The van der Waals surface area contributed by atoms with Crippen LogP contribution in [0.15, 0.2) is 5.18 Å². The van der Waals surface area contributed by atoms with Crippen LogP contribution in [0, 0.1) is 4.91 Å². The van der Waals surface area contributed by atoms with Crippen LogP contribution in [-0.4, -0.2) is 23.8 Å². The fraction of sp³-hybridized carbons (Fsp3) is 0.889. The summed E-state index contributed by atoms with van der Waals surface area (Å²) < 4.78 is 5.07. The molecule has 0 aliphatic heterocycles. The lowest BCUT2D eigenvalue weighted by Gasteiger charge is -2.22. The van der Waals surface area contributed by atoms with Gasteiger partial charge < -0.3 is 10.1 Å². The molecule has 1 fully saturated rings. The van der Waals surface area contributed by atoms with Crippen LogP contribution >= 0.6 is 0 Å². The normalized spacial score (nSPS) is 18.5. The van der Waals surface area contributed by atoms with E-state index >= 15 is 0 Å². The fourth-order valence-corrected chi connectivity index (χ4v) is 1.12. The Kier molecular flexibility index (Phi) is 2.78. The minimum Gasteiger partial charge on any atom is -0.444 e. The molecule has 1 N–H and O–H groups in total. The summed E-state index contributed by atoms with van der Waals surface area (Å²) in [5.74, 6) is 0. The number of carbonyl (C=O) groups is 1. The first-order chi connectivity index (χ1) is 6.37. The first kappa shape index (κ1) is 10.9. The summed E-state index contributed by atoms with van der Waals surface area (Å²) in [6.07, 6.45) is 1.13. The van der Waals surface area contributed by atoms with Crippen molar-refractivity contribution in [2.75, 3.05) is 6.54 Å². The molecule has 5 nitrogen and oxygen atoms in total. The van der Waals surface area contributed by atoms with Crippen LogP contribution in [0.2, 0.25) is 0 Å². The summed E-state index contributed by atoms with van der Waals surface area (Å²) in [4.78, 5) is 21.4. The molecule has 0 atom stereocenters. The number of ether oxygens (including phenoxy) is 1. The molecule has 0 aromatic heterocycles. The Morgan fingerprint density at radius 3 is 2.43 bits per heavy atom. The Bertz CT molecular complexity index is 241. The lowest BCUT2D eigenvalue weighted by atomic mass is 10.2. The molecule has 0 saturated heterocycles. The second-order valence-electron chi connectivity index (χ2n) is 4.69. The highest BCUT2D eigenvalue weighted by Crippen LogP contribution is 2.35. The van der Waals surface area contributed by atoms with Gasteiger partial charge in [0.2, 0.25) is 0 Å². The van der Waals surface area contributed by atoms with Gasteiger partial charge in [0.1, 0.15) is 12.1 Å². The Labute approximate surface area is 83.2 Å². The summed E-state index contributed by atoms with van der Waals surface area (Å²) in [5, 5.41) is 5.47. The molecular formula is C9H16N2O3. The van der Waals surface area contributed by atoms with Gasteiger partial charge in [-0.25, -0.2) is 4.79 Å². The van der Waals surface area contributed by atoms with Gasteiger partial charge in [-0.2, -0.15) is 4.91 Å². The second-order valence-corrected chi connectivity index (χ2v) is 4.69. The summed E-state index contributed by atoms with van der Waals surface area (Å²) in [5.41, 5.74) is -0.918. The van der Waals surface area contributed by atoms with E-state index in [1.54, 1.807) is 20.8 Å². The number of alkyl carbamates (subject to hydrolysis) is 1.